The second-order valence-electron chi connectivity index (χ2n) is 4.82. The standard InChI is InChI=1S/C15H24FN/c1-3-4-5-6-7-8-15(17)13-10-9-12(2)14(16)11-13/h9-11,15H,3-8,17H2,1-2H3. The third-order valence-corrected chi connectivity index (χ3v) is 3.24. The van der Waals surface area contributed by atoms with E-state index in [0.717, 1.165) is 18.4 Å². The van der Waals surface area contributed by atoms with E-state index in [1.165, 1.54) is 25.7 Å². The van der Waals surface area contributed by atoms with Gasteiger partial charge >= 0.3 is 0 Å². The Bertz CT molecular complexity index is 336. The number of hydrogen-bond acceptors (Lipinski definition) is 1. The van der Waals surface area contributed by atoms with Crippen LogP contribution in [0.15, 0.2) is 18.2 Å². The number of aryl methyl sites for hydroxylation is 1. The summed E-state index contributed by atoms with van der Waals surface area (Å²) in [4.78, 5) is 0. The molecular formula is C15H24FN. The molecule has 2 heteroatoms. The minimum atomic E-state index is -0.149. The Morgan fingerprint density at radius 1 is 1.18 bits per heavy atom. The minimum absolute atomic E-state index is 0.0215. The first-order valence-corrected chi connectivity index (χ1v) is 6.66. The van der Waals surface area contributed by atoms with Crippen LogP contribution >= 0.6 is 0 Å². The molecule has 0 aliphatic carbocycles. The average molecular weight is 237 g/mol. The van der Waals surface area contributed by atoms with Crippen LogP contribution in [0.4, 0.5) is 4.39 Å². The molecule has 0 fully saturated rings. The number of hydrogen-bond donors (Lipinski definition) is 1. The van der Waals surface area contributed by atoms with Gasteiger partial charge in [0, 0.05) is 6.04 Å². The van der Waals surface area contributed by atoms with E-state index in [1.54, 1.807) is 13.0 Å². The van der Waals surface area contributed by atoms with E-state index in [0.29, 0.717) is 5.56 Å². The minimum Gasteiger partial charge on any atom is -0.324 e. The molecule has 1 aromatic carbocycles. The molecule has 0 saturated carbocycles. The topological polar surface area (TPSA) is 26.0 Å². The van der Waals surface area contributed by atoms with Crippen LogP contribution in [0.1, 0.15) is 62.6 Å². The molecule has 0 aromatic heterocycles. The van der Waals surface area contributed by atoms with E-state index >= 15 is 0 Å². The zero-order valence-corrected chi connectivity index (χ0v) is 11.0. The summed E-state index contributed by atoms with van der Waals surface area (Å²) in [7, 11) is 0. The van der Waals surface area contributed by atoms with E-state index in [1.807, 2.05) is 12.1 Å². The van der Waals surface area contributed by atoms with E-state index in [2.05, 4.69) is 6.92 Å². The average Bonchev–Trinajstić information content (AvgIpc) is 2.32. The fourth-order valence-electron chi connectivity index (χ4n) is 1.97. The van der Waals surface area contributed by atoms with Gasteiger partial charge in [-0.2, -0.15) is 0 Å². The van der Waals surface area contributed by atoms with Crippen molar-refractivity contribution in [2.45, 2.75) is 58.4 Å². The van der Waals surface area contributed by atoms with Crippen molar-refractivity contribution in [2.24, 2.45) is 5.73 Å². The predicted molar refractivity (Wildman–Crippen MR) is 71.4 cm³/mol. The maximum atomic E-state index is 13.4. The van der Waals surface area contributed by atoms with Gasteiger partial charge in [0.25, 0.3) is 0 Å². The zero-order chi connectivity index (χ0) is 12.7. The number of benzene rings is 1. The van der Waals surface area contributed by atoms with Crippen molar-refractivity contribution in [1.29, 1.82) is 0 Å². The lowest BCUT2D eigenvalue weighted by Crippen LogP contribution is -2.10. The summed E-state index contributed by atoms with van der Waals surface area (Å²) in [5.41, 5.74) is 7.67. The fourth-order valence-corrected chi connectivity index (χ4v) is 1.97. The molecule has 1 atom stereocenters. The van der Waals surface area contributed by atoms with Gasteiger partial charge in [0.2, 0.25) is 0 Å². The highest BCUT2D eigenvalue weighted by Gasteiger charge is 2.07. The smallest absolute Gasteiger partial charge is 0.126 e. The summed E-state index contributed by atoms with van der Waals surface area (Å²) in [6.45, 7) is 3.98. The summed E-state index contributed by atoms with van der Waals surface area (Å²) in [5.74, 6) is -0.149. The first-order chi connectivity index (χ1) is 8.15. The van der Waals surface area contributed by atoms with Crippen molar-refractivity contribution in [2.75, 3.05) is 0 Å². The first-order valence-electron chi connectivity index (χ1n) is 6.66. The van der Waals surface area contributed by atoms with Gasteiger partial charge in [-0.3, -0.25) is 0 Å². The molecular weight excluding hydrogens is 213 g/mol. The molecule has 1 unspecified atom stereocenters. The van der Waals surface area contributed by atoms with Gasteiger partial charge < -0.3 is 5.73 Å². The van der Waals surface area contributed by atoms with Crippen LogP contribution in [0.2, 0.25) is 0 Å². The quantitative estimate of drug-likeness (QED) is 0.694. The van der Waals surface area contributed by atoms with Gasteiger partial charge in [0.15, 0.2) is 0 Å². The van der Waals surface area contributed by atoms with E-state index in [9.17, 15) is 4.39 Å². The van der Waals surface area contributed by atoms with Crippen molar-refractivity contribution in [3.63, 3.8) is 0 Å². The molecule has 1 rings (SSSR count). The molecule has 0 radical (unpaired) electrons. The summed E-state index contributed by atoms with van der Waals surface area (Å²) < 4.78 is 13.4. The Kier molecular flexibility index (Phi) is 6.20. The summed E-state index contributed by atoms with van der Waals surface area (Å²) in [5, 5.41) is 0. The van der Waals surface area contributed by atoms with Crippen LogP contribution in [0.3, 0.4) is 0 Å². The third kappa shape index (κ3) is 4.86. The predicted octanol–water partition coefficient (Wildman–Crippen LogP) is 4.49. The van der Waals surface area contributed by atoms with Crippen LogP contribution in [-0.2, 0) is 0 Å². The molecule has 0 aliphatic heterocycles. The van der Waals surface area contributed by atoms with Crippen molar-refractivity contribution in [3.05, 3.63) is 35.1 Å². The van der Waals surface area contributed by atoms with Gasteiger partial charge in [-0.05, 0) is 30.5 Å². The number of halogens is 1. The van der Waals surface area contributed by atoms with Crippen LogP contribution in [0.5, 0.6) is 0 Å². The molecule has 0 amide bonds. The molecule has 0 bridgehead atoms. The molecule has 96 valence electrons. The summed E-state index contributed by atoms with van der Waals surface area (Å²) >= 11 is 0. The number of rotatable bonds is 7. The highest BCUT2D eigenvalue weighted by Crippen LogP contribution is 2.20. The van der Waals surface area contributed by atoms with Gasteiger partial charge in [-0.15, -0.1) is 0 Å². The third-order valence-electron chi connectivity index (χ3n) is 3.24. The molecule has 0 spiro atoms. The van der Waals surface area contributed by atoms with Gasteiger partial charge in [0.05, 0.1) is 0 Å². The number of nitrogens with two attached hydrogens (primary N) is 1. The number of unbranched alkanes of at least 4 members (excludes halogenated alkanes) is 4. The molecule has 0 saturated heterocycles. The monoisotopic (exact) mass is 237 g/mol. The fraction of sp³-hybridized carbons (Fsp3) is 0.600. The normalized spacial score (nSPS) is 12.7. The molecule has 1 aromatic rings. The summed E-state index contributed by atoms with van der Waals surface area (Å²) in [6.07, 6.45) is 7.16. The van der Waals surface area contributed by atoms with Crippen LogP contribution < -0.4 is 5.73 Å². The highest BCUT2D eigenvalue weighted by molar-refractivity contribution is 5.25. The van der Waals surface area contributed by atoms with Gasteiger partial charge in [0.1, 0.15) is 5.82 Å². The SMILES string of the molecule is CCCCCCCC(N)c1ccc(C)c(F)c1. The molecule has 2 N–H and O–H groups in total. The lowest BCUT2D eigenvalue weighted by atomic mass is 9.99. The second kappa shape index (κ2) is 7.44. The van der Waals surface area contributed by atoms with Crippen molar-refractivity contribution < 1.29 is 4.39 Å². The van der Waals surface area contributed by atoms with Crippen molar-refractivity contribution >= 4 is 0 Å². The van der Waals surface area contributed by atoms with Crippen LogP contribution in [-0.4, -0.2) is 0 Å². The molecule has 1 nitrogen and oxygen atoms in total. The Balaban J connectivity index is 2.36. The highest BCUT2D eigenvalue weighted by atomic mass is 19.1. The van der Waals surface area contributed by atoms with Crippen LogP contribution in [0, 0.1) is 12.7 Å². The van der Waals surface area contributed by atoms with Gasteiger partial charge in [-0.25, -0.2) is 4.39 Å². The Morgan fingerprint density at radius 3 is 2.53 bits per heavy atom. The maximum Gasteiger partial charge on any atom is 0.126 e. The Hall–Kier alpha value is -0.890. The van der Waals surface area contributed by atoms with Gasteiger partial charge in [-0.1, -0.05) is 51.2 Å². The van der Waals surface area contributed by atoms with Crippen molar-refractivity contribution in [3.8, 4) is 0 Å². The largest absolute Gasteiger partial charge is 0.324 e. The van der Waals surface area contributed by atoms with E-state index in [-0.39, 0.29) is 11.9 Å². The van der Waals surface area contributed by atoms with E-state index in [4.69, 9.17) is 5.73 Å². The van der Waals surface area contributed by atoms with Crippen LogP contribution in [0.25, 0.3) is 0 Å². The Morgan fingerprint density at radius 2 is 1.88 bits per heavy atom. The maximum absolute atomic E-state index is 13.4. The zero-order valence-electron chi connectivity index (χ0n) is 11.0. The molecule has 0 heterocycles. The molecule has 0 aliphatic rings. The van der Waals surface area contributed by atoms with E-state index < -0.39 is 0 Å². The Labute approximate surface area is 104 Å². The first kappa shape index (κ1) is 14.2. The lowest BCUT2D eigenvalue weighted by molar-refractivity contribution is 0.550. The second-order valence-corrected chi connectivity index (χ2v) is 4.82. The molecule has 17 heavy (non-hydrogen) atoms. The summed E-state index contributed by atoms with van der Waals surface area (Å²) in [6, 6.07) is 5.30. The van der Waals surface area contributed by atoms with Crippen molar-refractivity contribution in [1.82, 2.24) is 0 Å². The lowest BCUT2D eigenvalue weighted by Gasteiger charge is -2.12.